The lowest BCUT2D eigenvalue weighted by atomic mass is 9.98. The van der Waals surface area contributed by atoms with E-state index in [9.17, 15) is 0 Å². The summed E-state index contributed by atoms with van der Waals surface area (Å²) in [5.41, 5.74) is 8.81. The summed E-state index contributed by atoms with van der Waals surface area (Å²) < 4.78 is 6.65. The van der Waals surface area contributed by atoms with E-state index < -0.39 is 0 Å². The van der Waals surface area contributed by atoms with E-state index in [1.165, 1.54) is 21.9 Å². The van der Waals surface area contributed by atoms with Crippen LogP contribution in [0, 0.1) is 0 Å². The van der Waals surface area contributed by atoms with Crippen LogP contribution in [0.2, 0.25) is 0 Å². The average molecular weight is 668 g/mol. The fourth-order valence-electron chi connectivity index (χ4n) is 6.96. The van der Waals surface area contributed by atoms with Crippen LogP contribution in [-0.2, 0) is 6.54 Å². The third-order valence-corrected chi connectivity index (χ3v) is 9.60. The zero-order valence-electron chi connectivity index (χ0n) is 28.4. The highest BCUT2D eigenvalue weighted by atomic mass is 16.3. The molecule has 0 aliphatic heterocycles. The first kappa shape index (κ1) is 31.1. The molecule has 1 heterocycles. The molecule has 0 N–H and O–H groups in total. The molecule has 0 radical (unpaired) electrons. The molecule has 0 atom stereocenters. The highest BCUT2D eigenvalue weighted by molar-refractivity contribution is 6.21. The van der Waals surface area contributed by atoms with Crippen LogP contribution in [0.15, 0.2) is 195 Å². The van der Waals surface area contributed by atoms with Gasteiger partial charge in [0.05, 0.1) is 12.1 Å². The van der Waals surface area contributed by atoms with Gasteiger partial charge in [-0.15, -0.1) is 0 Å². The van der Waals surface area contributed by atoms with Gasteiger partial charge in [0.1, 0.15) is 11.2 Å². The molecular weight excluding hydrogens is 635 g/mol. The Bertz CT molecular complexity index is 2820. The fraction of sp³-hybridized carbons (Fsp3) is 0.0208. The number of furan rings is 1. The van der Waals surface area contributed by atoms with Crippen LogP contribution < -0.4 is 0 Å². The van der Waals surface area contributed by atoms with Gasteiger partial charge in [0.15, 0.2) is 11.7 Å². The van der Waals surface area contributed by atoms with Crippen LogP contribution in [0.25, 0.3) is 65.7 Å². The van der Waals surface area contributed by atoms with Crippen molar-refractivity contribution < 1.29 is 4.42 Å². The lowest BCUT2D eigenvalue weighted by molar-refractivity contribution is 0.668. The van der Waals surface area contributed by atoms with Crippen LogP contribution >= 0.6 is 0 Å². The average Bonchev–Trinajstić information content (AvgIpc) is 3.57. The molecule has 0 bridgehead atoms. The minimum atomic E-state index is 0.445. The molecule has 4 nitrogen and oxygen atoms in total. The lowest BCUT2D eigenvalue weighted by Crippen LogP contribution is -2.06. The van der Waals surface area contributed by atoms with E-state index >= 15 is 0 Å². The Morgan fingerprint density at radius 2 is 1.10 bits per heavy atom. The number of benzene rings is 8. The van der Waals surface area contributed by atoms with Crippen LogP contribution in [0.5, 0.6) is 0 Å². The fourth-order valence-corrected chi connectivity index (χ4v) is 6.96. The molecule has 9 rings (SSSR count). The molecule has 52 heavy (non-hydrogen) atoms. The van der Waals surface area contributed by atoms with E-state index in [0.717, 1.165) is 54.9 Å². The number of rotatable bonds is 6. The number of aliphatic imine (C=N–C) groups is 3. The van der Waals surface area contributed by atoms with Crippen molar-refractivity contribution in [1.82, 2.24) is 0 Å². The molecular formula is C48H33N3O. The van der Waals surface area contributed by atoms with Gasteiger partial charge in [0.25, 0.3) is 0 Å². The number of nitrogens with zero attached hydrogens (tertiary/aromatic N) is 3. The predicted octanol–water partition coefficient (Wildman–Crippen LogP) is 12.3. The molecule has 0 aliphatic rings. The third kappa shape index (κ3) is 5.97. The Kier molecular flexibility index (Phi) is 8.03. The Balaban J connectivity index is 1.16. The maximum atomic E-state index is 6.65. The van der Waals surface area contributed by atoms with E-state index in [1.54, 1.807) is 0 Å². The Hall–Kier alpha value is -6.91. The van der Waals surface area contributed by atoms with Crippen molar-refractivity contribution >= 4 is 61.9 Å². The summed E-state index contributed by atoms with van der Waals surface area (Å²) in [4.78, 5) is 14.8. The summed E-state index contributed by atoms with van der Waals surface area (Å²) in [5, 5.41) is 6.68. The molecule has 0 aliphatic carbocycles. The second-order valence-corrected chi connectivity index (χ2v) is 12.9. The van der Waals surface area contributed by atoms with E-state index in [1.807, 2.05) is 48.5 Å². The van der Waals surface area contributed by atoms with E-state index in [-0.39, 0.29) is 0 Å². The lowest BCUT2D eigenvalue weighted by Gasteiger charge is -2.09. The largest absolute Gasteiger partial charge is 0.455 e. The van der Waals surface area contributed by atoms with Crippen LogP contribution in [0.3, 0.4) is 0 Å². The van der Waals surface area contributed by atoms with Crippen molar-refractivity contribution in [3.8, 4) is 22.3 Å². The third-order valence-electron chi connectivity index (χ3n) is 9.60. The normalized spacial score (nSPS) is 12.2. The molecule has 0 spiro atoms. The molecule has 0 saturated heterocycles. The molecule has 246 valence electrons. The van der Waals surface area contributed by atoms with Crippen molar-refractivity contribution in [1.29, 1.82) is 0 Å². The number of hydrogen-bond donors (Lipinski definition) is 0. The van der Waals surface area contributed by atoms with Gasteiger partial charge in [-0.3, -0.25) is 4.99 Å². The van der Waals surface area contributed by atoms with Gasteiger partial charge in [0, 0.05) is 16.3 Å². The zero-order chi connectivity index (χ0) is 34.9. The first-order valence-corrected chi connectivity index (χ1v) is 17.4. The van der Waals surface area contributed by atoms with Crippen molar-refractivity contribution in [3.05, 3.63) is 193 Å². The van der Waals surface area contributed by atoms with Crippen molar-refractivity contribution in [2.75, 3.05) is 0 Å². The van der Waals surface area contributed by atoms with Gasteiger partial charge >= 0.3 is 0 Å². The maximum absolute atomic E-state index is 6.65. The molecule has 0 fully saturated rings. The van der Waals surface area contributed by atoms with Gasteiger partial charge in [-0.2, -0.15) is 0 Å². The summed E-state index contributed by atoms with van der Waals surface area (Å²) in [6.45, 7) is 4.45. The highest BCUT2D eigenvalue weighted by Crippen LogP contribution is 2.37. The molecule has 4 heteroatoms. The summed E-state index contributed by atoms with van der Waals surface area (Å²) >= 11 is 0. The molecule has 1 aromatic heterocycles. The van der Waals surface area contributed by atoms with E-state index in [4.69, 9.17) is 14.4 Å². The Morgan fingerprint density at radius 1 is 0.481 bits per heavy atom. The van der Waals surface area contributed by atoms with Crippen LogP contribution in [0.1, 0.15) is 16.7 Å². The molecule has 0 saturated carbocycles. The minimum absolute atomic E-state index is 0.445. The van der Waals surface area contributed by atoms with Gasteiger partial charge in [0.2, 0.25) is 0 Å². The van der Waals surface area contributed by atoms with Gasteiger partial charge in [-0.25, -0.2) is 9.98 Å². The standard InChI is InChI=1S/C48H33N3O/c1-49-48(44-29-41(34-15-7-3-8-16-34)28-43-42-27-36-19-11-12-20-37(36)30-45(42)52-46(43)44)51-47(35-17-9-4-10-18-35)50-31-32-21-22-40-26-39(24-23-38(40)25-32)33-13-5-2-6-14-33/h2-30H,1,31H2. The van der Waals surface area contributed by atoms with Gasteiger partial charge in [-0.1, -0.05) is 140 Å². The first-order valence-electron chi connectivity index (χ1n) is 17.4. The molecule has 0 unspecified atom stereocenters. The second kappa shape index (κ2) is 13.4. The predicted molar refractivity (Wildman–Crippen MR) is 219 cm³/mol. The molecule has 9 aromatic rings. The summed E-state index contributed by atoms with van der Waals surface area (Å²) in [5.74, 6) is 1.02. The maximum Gasteiger partial charge on any atom is 0.164 e. The van der Waals surface area contributed by atoms with E-state index in [2.05, 4.69) is 139 Å². The monoisotopic (exact) mass is 667 g/mol. The minimum Gasteiger partial charge on any atom is -0.455 e. The quantitative estimate of drug-likeness (QED) is 0.129. The number of hydrogen-bond acceptors (Lipinski definition) is 2. The highest BCUT2D eigenvalue weighted by Gasteiger charge is 2.19. The van der Waals surface area contributed by atoms with Crippen LogP contribution in [0.4, 0.5) is 0 Å². The van der Waals surface area contributed by atoms with Crippen LogP contribution in [-0.4, -0.2) is 18.4 Å². The van der Waals surface area contributed by atoms with Crippen molar-refractivity contribution in [2.45, 2.75) is 6.54 Å². The Morgan fingerprint density at radius 3 is 1.83 bits per heavy atom. The second-order valence-electron chi connectivity index (χ2n) is 12.9. The van der Waals surface area contributed by atoms with E-state index in [0.29, 0.717) is 23.8 Å². The number of fused-ring (bicyclic) bond motifs is 5. The number of amidine groups is 2. The molecule has 0 amide bonds. The van der Waals surface area contributed by atoms with Gasteiger partial charge in [-0.05, 0) is 92.5 Å². The topological polar surface area (TPSA) is 50.2 Å². The summed E-state index contributed by atoms with van der Waals surface area (Å²) in [7, 11) is 0. The SMILES string of the molecule is C=NC(=NC(=NCc1ccc2cc(-c3ccccc3)ccc2c1)c1ccccc1)c1cc(-c2ccccc2)cc2c1oc1cc3ccccc3cc12. The first-order chi connectivity index (χ1) is 25.7. The molecule has 8 aromatic carbocycles. The van der Waals surface area contributed by atoms with Gasteiger partial charge < -0.3 is 4.42 Å². The Labute approximate surface area is 301 Å². The van der Waals surface area contributed by atoms with Crippen molar-refractivity contribution in [3.63, 3.8) is 0 Å². The van der Waals surface area contributed by atoms with Crippen molar-refractivity contribution in [2.24, 2.45) is 15.0 Å². The summed E-state index contributed by atoms with van der Waals surface area (Å²) in [6, 6.07) is 61.0. The smallest absolute Gasteiger partial charge is 0.164 e. The zero-order valence-corrected chi connectivity index (χ0v) is 28.4. The summed E-state index contributed by atoms with van der Waals surface area (Å²) in [6.07, 6.45) is 0.